The zero-order valence-corrected chi connectivity index (χ0v) is 14.7. The Bertz CT molecular complexity index is 1120. The number of aliphatic hydroxyl groups is 1. The largest absolute Gasteiger partial charge is 0.508 e. The molecule has 4 N–H and O–H groups in total. The average Bonchev–Trinajstić information content (AvgIpc) is 3.01. The molecule has 1 aromatic heterocycles. The first-order valence-electron chi connectivity index (χ1n) is 8.38. The number of hydrogen-bond donors (Lipinski definition) is 4. The van der Waals surface area contributed by atoms with Gasteiger partial charge < -0.3 is 29.6 Å². The summed E-state index contributed by atoms with van der Waals surface area (Å²) >= 11 is 0. The lowest BCUT2D eigenvalue weighted by Gasteiger charge is -2.24. The van der Waals surface area contributed by atoms with Crippen LogP contribution in [0, 0.1) is 0 Å². The molecule has 0 fully saturated rings. The monoisotopic (exact) mass is 370 g/mol. The minimum absolute atomic E-state index is 0.0290. The zero-order valence-electron chi connectivity index (χ0n) is 14.7. The fraction of sp³-hybridized carbons (Fsp3) is 0.250. The first-order valence-corrected chi connectivity index (χ1v) is 8.38. The predicted molar refractivity (Wildman–Crippen MR) is 97.3 cm³/mol. The number of rotatable bonds is 2. The van der Waals surface area contributed by atoms with Gasteiger partial charge >= 0.3 is 0 Å². The summed E-state index contributed by atoms with van der Waals surface area (Å²) in [6, 6.07) is 5.35. The van der Waals surface area contributed by atoms with Crippen LogP contribution in [0.5, 0.6) is 23.0 Å². The topological polar surface area (TPSA) is 120 Å². The molecular weight excluding hydrogens is 352 g/mol. The fourth-order valence-corrected chi connectivity index (χ4v) is 3.30. The van der Waals surface area contributed by atoms with Crippen molar-refractivity contribution in [3.8, 4) is 34.1 Å². The summed E-state index contributed by atoms with van der Waals surface area (Å²) in [5.41, 5.74) is -0.868. The maximum absolute atomic E-state index is 13.0. The minimum Gasteiger partial charge on any atom is -0.508 e. The molecule has 1 aliphatic rings. The second-order valence-electron chi connectivity index (χ2n) is 7.22. The molecule has 7 nitrogen and oxygen atoms in total. The highest BCUT2D eigenvalue weighted by atomic mass is 16.5. The van der Waals surface area contributed by atoms with E-state index in [-0.39, 0.29) is 45.8 Å². The van der Waals surface area contributed by atoms with E-state index in [2.05, 4.69) is 0 Å². The molecule has 7 heteroatoms. The highest BCUT2D eigenvalue weighted by Gasteiger charge is 2.37. The van der Waals surface area contributed by atoms with Gasteiger partial charge in [-0.2, -0.15) is 0 Å². The lowest BCUT2D eigenvalue weighted by Crippen LogP contribution is -2.39. The number of phenolic OH excluding ortho intramolecular Hbond substituents is 3. The van der Waals surface area contributed by atoms with Crippen LogP contribution in [-0.2, 0) is 6.42 Å². The average molecular weight is 370 g/mol. The van der Waals surface area contributed by atoms with Gasteiger partial charge in [-0.05, 0) is 26.0 Å². The molecule has 0 bridgehead atoms. The maximum atomic E-state index is 13.0. The van der Waals surface area contributed by atoms with E-state index >= 15 is 0 Å². The van der Waals surface area contributed by atoms with Gasteiger partial charge in [-0.1, -0.05) is 0 Å². The van der Waals surface area contributed by atoms with Gasteiger partial charge in [-0.15, -0.1) is 0 Å². The van der Waals surface area contributed by atoms with Crippen LogP contribution in [0.25, 0.3) is 22.1 Å². The molecule has 0 unspecified atom stereocenters. The molecule has 140 valence electrons. The molecule has 2 aromatic carbocycles. The molecule has 4 rings (SSSR count). The highest BCUT2D eigenvalue weighted by molar-refractivity contribution is 5.90. The predicted octanol–water partition coefficient (Wildman–Crippen LogP) is 2.65. The fourth-order valence-electron chi connectivity index (χ4n) is 3.30. The van der Waals surface area contributed by atoms with Gasteiger partial charge in [-0.25, -0.2) is 0 Å². The second-order valence-corrected chi connectivity index (χ2v) is 7.22. The van der Waals surface area contributed by atoms with Crippen LogP contribution in [0.2, 0.25) is 0 Å². The summed E-state index contributed by atoms with van der Waals surface area (Å²) in [7, 11) is 0. The summed E-state index contributed by atoms with van der Waals surface area (Å²) in [5, 5.41) is 40.3. The van der Waals surface area contributed by atoms with Crippen LogP contribution >= 0.6 is 0 Å². The third kappa shape index (κ3) is 2.67. The van der Waals surface area contributed by atoms with E-state index in [1.165, 1.54) is 24.5 Å². The first kappa shape index (κ1) is 17.2. The smallest absolute Gasteiger partial charge is 0.204 e. The minimum atomic E-state index is -1.13. The molecule has 1 aliphatic heterocycles. The van der Waals surface area contributed by atoms with Crippen LogP contribution in [0.15, 0.2) is 39.7 Å². The third-order valence-corrected chi connectivity index (χ3v) is 4.82. The van der Waals surface area contributed by atoms with Gasteiger partial charge in [0, 0.05) is 29.7 Å². The van der Waals surface area contributed by atoms with Crippen molar-refractivity contribution in [3.63, 3.8) is 0 Å². The van der Waals surface area contributed by atoms with E-state index in [1.54, 1.807) is 13.8 Å². The number of ether oxygens (including phenoxy) is 1. The third-order valence-electron chi connectivity index (χ3n) is 4.82. The Hall–Kier alpha value is -3.19. The van der Waals surface area contributed by atoms with Crippen molar-refractivity contribution in [2.24, 2.45) is 0 Å². The Morgan fingerprint density at radius 1 is 1.11 bits per heavy atom. The second kappa shape index (κ2) is 5.65. The van der Waals surface area contributed by atoms with E-state index < -0.39 is 17.1 Å². The lowest BCUT2D eigenvalue weighted by molar-refractivity contribution is -0.0229. The van der Waals surface area contributed by atoms with Crippen molar-refractivity contribution in [1.82, 2.24) is 0 Å². The van der Waals surface area contributed by atoms with E-state index in [4.69, 9.17) is 9.15 Å². The van der Waals surface area contributed by atoms with Gasteiger partial charge in [0.15, 0.2) is 0 Å². The van der Waals surface area contributed by atoms with Gasteiger partial charge in [0.25, 0.3) is 0 Å². The summed E-state index contributed by atoms with van der Waals surface area (Å²) in [5.74, 6) is -0.330. The number of aromatic hydroxyl groups is 3. The standard InChI is InChI=1S/C20H18O7/c1-20(2,25)16-6-11-14(27-16)7-15-17(18(11)23)19(24)12(8-26-15)10-4-3-9(21)5-13(10)22/h3-5,7-8,16,21-23,25H,6H2,1-2H3/t16-/m1/s1. The summed E-state index contributed by atoms with van der Waals surface area (Å²) < 4.78 is 11.2. The summed E-state index contributed by atoms with van der Waals surface area (Å²) in [6.07, 6.45) is 0.866. The Morgan fingerprint density at radius 3 is 2.52 bits per heavy atom. The summed E-state index contributed by atoms with van der Waals surface area (Å²) in [4.78, 5) is 13.0. The normalized spacial score (nSPS) is 16.3. The molecule has 27 heavy (non-hydrogen) atoms. The number of hydrogen-bond acceptors (Lipinski definition) is 7. The van der Waals surface area contributed by atoms with Crippen LogP contribution in [0.4, 0.5) is 0 Å². The van der Waals surface area contributed by atoms with Crippen LogP contribution < -0.4 is 10.2 Å². The summed E-state index contributed by atoms with van der Waals surface area (Å²) in [6.45, 7) is 3.21. The first-order chi connectivity index (χ1) is 12.7. The lowest BCUT2D eigenvalue weighted by atomic mass is 9.95. The van der Waals surface area contributed by atoms with E-state index in [0.717, 1.165) is 6.07 Å². The van der Waals surface area contributed by atoms with Crippen LogP contribution in [0.1, 0.15) is 19.4 Å². The number of benzene rings is 2. The Morgan fingerprint density at radius 2 is 1.85 bits per heavy atom. The molecule has 0 saturated carbocycles. The molecule has 3 aromatic rings. The maximum Gasteiger partial charge on any atom is 0.204 e. The Balaban J connectivity index is 1.92. The molecule has 1 atom stereocenters. The van der Waals surface area contributed by atoms with E-state index in [0.29, 0.717) is 11.3 Å². The molecule has 2 heterocycles. The van der Waals surface area contributed by atoms with Gasteiger partial charge in [0.05, 0.1) is 11.2 Å². The Kier molecular flexibility index (Phi) is 3.61. The molecular formula is C20H18O7. The van der Waals surface area contributed by atoms with Crippen molar-refractivity contribution < 1.29 is 29.6 Å². The molecule has 0 saturated heterocycles. The van der Waals surface area contributed by atoms with Crippen molar-refractivity contribution in [3.05, 3.63) is 46.3 Å². The van der Waals surface area contributed by atoms with Crippen molar-refractivity contribution in [1.29, 1.82) is 0 Å². The van der Waals surface area contributed by atoms with Gasteiger partial charge in [0.2, 0.25) is 5.43 Å². The number of phenols is 3. The van der Waals surface area contributed by atoms with E-state index in [9.17, 15) is 25.2 Å². The quantitative estimate of drug-likeness (QED) is 0.547. The van der Waals surface area contributed by atoms with Gasteiger partial charge in [-0.3, -0.25) is 4.79 Å². The number of fused-ring (bicyclic) bond motifs is 2. The molecule has 0 amide bonds. The molecule has 0 aliphatic carbocycles. The van der Waals surface area contributed by atoms with E-state index in [1.807, 2.05) is 0 Å². The van der Waals surface area contributed by atoms with Crippen LogP contribution in [-0.4, -0.2) is 32.1 Å². The molecule has 0 radical (unpaired) electrons. The Labute approximate surface area is 153 Å². The highest BCUT2D eigenvalue weighted by Crippen LogP contribution is 2.43. The van der Waals surface area contributed by atoms with Crippen molar-refractivity contribution >= 4 is 11.0 Å². The molecule has 0 spiro atoms. The van der Waals surface area contributed by atoms with Crippen molar-refractivity contribution in [2.75, 3.05) is 0 Å². The van der Waals surface area contributed by atoms with Gasteiger partial charge in [0.1, 0.15) is 46.3 Å². The zero-order chi connectivity index (χ0) is 19.5. The van der Waals surface area contributed by atoms with Crippen molar-refractivity contribution in [2.45, 2.75) is 32.0 Å². The SMILES string of the molecule is CC(C)(O)[C@H]1Cc2c(cc3occ(-c4ccc(O)cc4O)c(=O)c3c2O)O1. The van der Waals surface area contributed by atoms with Crippen LogP contribution in [0.3, 0.4) is 0 Å².